The first kappa shape index (κ1) is 24.9. The predicted molar refractivity (Wildman–Crippen MR) is 118 cm³/mol. The number of benzene rings is 1. The number of amidine groups is 1. The Bertz CT molecular complexity index is 986. The standard InChI is InChI=1S/C20H25FN6O2.CH3NO/c1-3-26-9-13-7-15(16(21)8-14(13)10-26)20(29)25-18-6-4-5-17(24-18)19(22)27(23)12(2)11-28;2-1-3/h4-8,12,22,28H,3,9-11,23H2,1-2H3,(H,24,25,29);1H,(H2,2,3). The van der Waals surface area contributed by atoms with Gasteiger partial charge in [0.15, 0.2) is 5.84 Å². The van der Waals surface area contributed by atoms with Gasteiger partial charge >= 0.3 is 0 Å². The number of nitrogens with zero attached hydrogens (tertiary/aromatic N) is 3. The molecule has 7 N–H and O–H groups in total. The molecule has 1 atom stereocenters. The van der Waals surface area contributed by atoms with E-state index < -0.39 is 17.8 Å². The molecule has 1 aromatic heterocycles. The molecule has 10 nitrogen and oxygen atoms in total. The molecule has 0 bridgehead atoms. The number of pyridine rings is 1. The Morgan fingerprint density at radius 1 is 1.41 bits per heavy atom. The van der Waals surface area contributed by atoms with E-state index in [1.807, 2.05) is 6.92 Å². The molecule has 0 spiro atoms. The Balaban J connectivity index is 0.00000114. The van der Waals surface area contributed by atoms with E-state index in [0.29, 0.717) is 13.1 Å². The van der Waals surface area contributed by atoms with E-state index in [4.69, 9.17) is 16.0 Å². The minimum absolute atomic E-state index is 0.0432. The van der Waals surface area contributed by atoms with E-state index in [1.165, 1.54) is 6.07 Å². The number of halogens is 1. The van der Waals surface area contributed by atoms with E-state index in [1.54, 1.807) is 31.2 Å². The number of hydrogen-bond acceptors (Lipinski definition) is 7. The largest absolute Gasteiger partial charge is 0.394 e. The highest BCUT2D eigenvalue weighted by molar-refractivity contribution is 6.04. The molecule has 0 fully saturated rings. The highest BCUT2D eigenvalue weighted by Crippen LogP contribution is 2.26. The Kier molecular flexibility index (Phi) is 8.76. The molecule has 1 aliphatic rings. The van der Waals surface area contributed by atoms with Crippen LogP contribution in [0.2, 0.25) is 0 Å². The molecule has 0 saturated heterocycles. The summed E-state index contributed by atoms with van der Waals surface area (Å²) in [6.45, 7) is 5.70. The number of aliphatic hydroxyl groups is 1. The van der Waals surface area contributed by atoms with Gasteiger partial charge in [0.25, 0.3) is 5.91 Å². The van der Waals surface area contributed by atoms with Crippen LogP contribution in [0.15, 0.2) is 30.3 Å². The summed E-state index contributed by atoms with van der Waals surface area (Å²) >= 11 is 0. The first-order chi connectivity index (χ1) is 15.2. The Morgan fingerprint density at radius 2 is 2.03 bits per heavy atom. The van der Waals surface area contributed by atoms with Gasteiger partial charge in [-0.2, -0.15) is 0 Å². The van der Waals surface area contributed by atoms with Gasteiger partial charge in [-0.3, -0.25) is 24.9 Å². The van der Waals surface area contributed by atoms with E-state index in [0.717, 1.165) is 22.7 Å². The third kappa shape index (κ3) is 5.84. The number of nitrogens with one attached hydrogen (secondary N) is 2. The van der Waals surface area contributed by atoms with Crippen LogP contribution in [0.5, 0.6) is 0 Å². The second-order valence-electron chi connectivity index (χ2n) is 7.19. The molecule has 11 heteroatoms. The average Bonchev–Trinajstić information content (AvgIpc) is 3.19. The molecule has 0 aliphatic carbocycles. The summed E-state index contributed by atoms with van der Waals surface area (Å²) in [4.78, 5) is 27.6. The zero-order valence-corrected chi connectivity index (χ0v) is 18.0. The molecule has 3 rings (SSSR count). The third-order valence-electron chi connectivity index (χ3n) is 5.00. The number of amides is 2. The fourth-order valence-corrected chi connectivity index (χ4v) is 3.15. The highest BCUT2D eigenvalue weighted by atomic mass is 19.1. The topological polar surface area (TPSA) is 162 Å². The van der Waals surface area contributed by atoms with Crippen LogP contribution in [-0.4, -0.2) is 57.3 Å². The van der Waals surface area contributed by atoms with Gasteiger partial charge < -0.3 is 16.2 Å². The second-order valence-corrected chi connectivity index (χ2v) is 7.19. The maximum Gasteiger partial charge on any atom is 0.259 e. The van der Waals surface area contributed by atoms with E-state index in [2.05, 4.69) is 20.9 Å². The van der Waals surface area contributed by atoms with Crippen LogP contribution < -0.4 is 16.9 Å². The lowest BCUT2D eigenvalue weighted by Gasteiger charge is -2.24. The van der Waals surface area contributed by atoms with Crippen molar-refractivity contribution in [2.45, 2.75) is 33.0 Å². The minimum Gasteiger partial charge on any atom is -0.394 e. The zero-order valence-electron chi connectivity index (χ0n) is 18.0. The summed E-state index contributed by atoms with van der Waals surface area (Å²) in [5, 5.41) is 21.0. The van der Waals surface area contributed by atoms with Gasteiger partial charge in [0.2, 0.25) is 6.41 Å². The number of rotatable bonds is 6. The van der Waals surface area contributed by atoms with Gasteiger partial charge in [0.1, 0.15) is 17.3 Å². The molecule has 32 heavy (non-hydrogen) atoms. The van der Waals surface area contributed by atoms with Crippen LogP contribution in [-0.2, 0) is 17.9 Å². The van der Waals surface area contributed by atoms with Crippen molar-refractivity contribution in [3.63, 3.8) is 0 Å². The predicted octanol–water partition coefficient (Wildman–Crippen LogP) is 0.792. The second kappa shape index (κ2) is 11.3. The number of anilines is 1. The van der Waals surface area contributed by atoms with Crippen LogP contribution in [0, 0.1) is 11.2 Å². The summed E-state index contributed by atoms with van der Waals surface area (Å²) in [5.41, 5.74) is 6.19. The number of aromatic nitrogens is 1. The molecule has 1 aliphatic heterocycles. The zero-order chi connectivity index (χ0) is 23.8. The minimum atomic E-state index is -0.607. The van der Waals surface area contributed by atoms with Gasteiger partial charge in [-0.05, 0) is 48.9 Å². The van der Waals surface area contributed by atoms with Crippen molar-refractivity contribution in [2.24, 2.45) is 11.6 Å². The van der Waals surface area contributed by atoms with Crippen molar-refractivity contribution in [3.05, 3.63) is 58.5 Å². The molecule has 1 aromatic carbocycles. The molecule has 2 amide bonds. The monoisotopic (exact) mass is 445 g/mol. The van der Waals surface area contributed by atoms with E-state index >= 15 is 0 Å². The lowest BCUT2D eigenvalue weighted by atomic mass is 10.1. The fourth-order valence-electron chi connectivity index (χ4n) is 3.15. The highest BCUT2D eigenvalue weighted by Gasteiger charge is 2.23. The summed E-state index contributed by atoms with van der Waals surface area (Å²) in [6, 6.07) is 7.27. The number of hydrazine groups is 1. The van der Waals surface area contributed by atoms with Crippen LogP contribution in [0.1, 0.15) is 41.0 Å². The maximum absolute atomic E-state index is 14.5. The first-order valence-electron chi connectivity index (χ1n) is 9.96. The van der Waals surface area contributed by atoms with Crippen LogP contribution >= 0.6 is 0 Å². The number of aliphatic hydroxyl groups excluding tert-OH is 1. The SMILES string of the molecule is CCN1Cc2cc(F)c(C(=O)Nc3cccc(C(=N)N(N)C(C)CO)n3)cc2C1.NC=O. The van der Waals surface area contributed by atoms with Gasteiger partial charge in [0.05, 0.1) is 18.2 Å². The molecule has 0 saturated carbocycles. The number of hydrogen-bond donors (Lipinski definition) is 5. The lowest BCUT2D eigenvalue weighted by Crippen LogP contribution is -2.46. The quantitative estimate of drug-likeness (QED) is 0.144. The molecular formula is C21H28FN7O3. The number of carbonyl (C=O) groups excluding carboxylic acids is 2. The summed E-state index contributed by atoms with van der Waals surface area (Å²) < 4.78 is 14.5. The van der Waals surface area contributed by atoms with Gasteiger partial charge in [0, 0.05) is 13.1 Å². The summed E-state index contributed by atoms with van der Waals surface area (Å²) in [6.07, 6.45) is 0.250. The molecular weight excluding hydrogens is 417 g/mol. The van der Waals surface area contributed by atoms with Crippen molar-refractivity contribution in [2.75, 3.05) is 18.5 Å². The van der Waals surface area contributed by atoms with Crippen molar-refractivity contribution in [3.8, 4) is 0 Å². The number of primary amides is 1. The Hall–Kier alpha value is -3.41. The number of fused-ring (bicyclic) bond motifs is 1. The maximum atomic E-state index is 14.5. The van der Waals surface area contributed by atoms with Crippen molar-refractivity contribution in [1.82, 2.24) is 14.9 Å². The molecule has 0 radical (unpaired) electrons. The van der Waals surface area contributed by atoms with Gasteiger partial charge in [-0.1, -0.05) is 13.0 Å². The summed E-state index contributed by atoms with van der Waals surface area (Å²) in [5.74, 6) is 4.70. The van der Waals surface area contributed by atoms with Crippen LogP contribution in [0.3, 0.4) is 0 Å². The van der Waals surface area contributed by atoms with Gasteiger partial charge in [-0.15, -0.1) is 0 Å². The smallest absolute Gasteiger partial charge is 0.259 e. The van der Waals surface area contributed by atoms with Crippen LogP contribution in [0.25, 0.3) is 0 Å². The van der Waals surface area contributed by atoms with Crippen LogP contribution in [0.4, 0.5) is 10.2 Å². The fraction of sp³-hybridized carbons (Fsp3) is 0.333. The Morgan fingerprint density at radius 3 is 2.62 bits per heavy atom. The molecule has 2 aromatic rings. The van der Waals surface area contributed by atoms with Crippen molar-refractivity contribution in [1.29, 1.82) is 5.41 Å². The van der Waals surface area contributed by atoms with E-state index in [-0.39, 0.29) is 35.9 Å². The third-order valence-corrected chi connectivity index (χ3v) is 5.00. The lowest BCUT2D eigenvalue weighted by molar-refractivity contribution is -0.106. The van der Waals surface area contributed by atoms with Crippen molar-refractivity contribution < 1.29 is 19.1 Å². The van der Waals surface area contributed by atoms with Gasteiger partial charge in [-0.25, -0.2) is 15.2 Å². The average molecular weight is 445 g/mol. The number of carbonyl (C=O) groups is 2. The molecule has 172 valence electrons. The van der Waals surface area contributed by atoms with E-state index in [9.17, 15) is 14.3 Å². The summed E-state index contributed by atoms with van der Waals surface area (Å²) in [7, 11) is 0. The molecule has 1 unspecified atom stereocenters. The van der Waals surface area contributed by atoms with Crippen molar-refractivity contribution >= 4 is 24.0 Å². The Labute approximate surface area is 185 Å². The first-order valence-corrected chi connectivity index (χ1v) is 9.96. The normalized spacial score (nSPS) is 13.4. The molecule has 2 heterocycles. The number of nitrogens with two attached hydrogens (primary N) is 2.